The minimum absolute atomic E-state index is 0.0395. The minimum Gasteiger partial charge on any atom is -0.492 e. The highest BCUT2D eigenvalue weighted by atomic mass is 16.5. The quantitative estimate of drug-likeness (QED) is 0.784. The summed E-state index contributed by atoms with van der Waals surface area (Å²) >= 11 is 0. The first-order chi connectivity index (χ1) is 7.97. The van der Waals surface area contributed by atoms with Gasteiger partial charge in [0, 0.05) is 22.9 Å². The van der Waals surface area contributed by atoms with E-state index < -0.39 is 5.56 Å². The number of carbonyl (C=O) groups excluding carboxylic acids is 2. The highest BCUT2D eigenvalue weighted by molar-refractivity contribution is 6.26. The zero-order valence-electron chi connectivity index (χ0n) is 9.71. The Morgan fingerprint density at radius 3 is 2.35 bits per heavy atom. The summed E-state index contributed by atoms with van der Waals surface area (Å²) in [6.07, 6.45) is 0. The Balaban J connectivity index is 2.82. The molecule has 1 aromatic rings. The van der Waals surface area contributed by atoms with Crippen LogP contribution in [0.2, 0.25) is 0 Å². The largest absolute Gasteiger partial charge is 0.492 e. The summed E-state index contributed by atoms with van der Waals surface area (Å²) in [5, 5.41) is 0. The number of hydrogen-bond acceptors (Lipinski definition) is 4. The molecule has 0 spiro atoms. The third-order valence-electron chi connectivity index (χ3n) is 2.79. The predicted molar refractivity (Wildman–Crippen MR) is 60.2 cm³/mol. The molecule has 1 aliphatic carbocycles. The SMILES string of the molecule is COC1=C(C)C(=O)c2cc(=O)[nH]c(C)c2C1=O. The molecule has 88 valence electrons. The van der Waals surface area contributed by atoms with Crippen molar-refractivity contribution in [3.05, 3.63) is 44.6 Å². The van der Waals surface area contributed by atoms with Gasteiger partial charge in [0.25, 0.3) is 0 Å². The molecule has 5 heteroatoms. The molecule has 0 atom stereocenters. The molecule has 0 saturated heterocycles. The summed E-state index contributed by atoms with van der Waals surface area (Å²) in [6, 6.07) is 1.15. The average molecular weight is 233 g/mol. The van der Waals surface area contributed by atoms with Crippen LogP contribution >= 0.6 is 0 Å². The number of carbonyl (C=O) groups is 2. The molecule has 0 fully saturated rings. The van der Waals surface area contributed by atoms with E-state index in [0.29, 0.717) is 5.69 Å². The number of allylic oxidation sites excluding steroid dienone is 2. The van der Waals surface area contributed by atoms with E-state index in [-0.39, 0.29) is 34.0 Å². The highest BCUT2D eigenvalue weighted by Crippen LogP contribution is 2.26. The van der Waals surface area contributed by atoms with Crippen LogP contribution in [-0.4, -0.2) is 23.7 Å². The Kier molecular flexibility index (Phi) is 2.46. The number of nitrogens with one attached hydrogen (secondary N) is 1. The second-order valence-electron chi connectivity index (χ2n) is 3.86. The van der Waals surface area contributed by atoms with Gasteiger partial charge in [0.15, 0.2) is 11.5 Å². The van der Waals surface area contributed by atoms with Crippen molar-refractivity contribution in [2.45, 2.75) is 13.8 Å². The molecule has 0 unspecified atom stereocenters. The predicted octanol–water partition coefficient (Wildman–Crippen LogP) is 0.983. The molecule has 0 aromatic carbocycles. The van der Waals surface area contributed by atoms with Crippen LogP contribution in [0.1, 0.15) is 33.3 Å². The molecular weight excluding hydrogens is 222 g/mol. The van der Waals surface area contributed by atoms with Gasteiger partial charge in [-0.15, -0.1) is 0 Å². The normalized spacial score (nSPS) is 15.0. The zero-order valence-corrected chi connectivity index (χ0v) is 9.71. The van der Waals surface area contributed by atoms with E-state index in [0.717, 1.165) is 6.07 Å². The monoisotopic (exact) mass is 233 g/mol. The summed E-state index contributed by atoms with van der Waals surface area (Å²) < 4.78 is 4.95. The van der Waals surface area contributed by atoms with Crippen molar-refractivity contribution in [3.8, 4) is 0 Å². The minimum atomic E-state index is -0.393. The Morgan fingerprint density at radius 1 is 1.12 bits per heavy atom. The fourth-order valence-corrected chi connectivity index (χ4v) is 2.00. The van der Waals surface area contributed by atoms with E-state index in [1.807, 2.05) is 0 Å². The number of ketones is 2. The van der Waals surface area contributed by atoms with Crippen molar-refractivity contribution in [1.82, 2.24) is 4.98 Å². The Labute approximate surface area is 97.1 Å². The number of Topliss-reactive ketones (excluding diaryl/α,β-unsaturated/α-hetero) is 2. The van der Waals surface area contributed by atoms with Crippen LogP contribution in [0.4, 0.5) is 0 Å². The van der Waals surface area contributed by atoms with Crippen molar-refractivity contribution in [2.75, 3.05) is 7.11 Å². The molecule has 5 nitrogen and oxygen atoms in total. The van der Waals surface area contributed by atoms with E-state index in [9.17, 15) is 14.4 Å². The standard InChI is InChI=1S/C12H11NO4/c1-5-10(15)7-4-8(14)13-6(2)9(7)11(16)12(5)17-3/h4H,1-3H3,(H,13,14). The van der Waals surface area contributed by atoms with Crippen molar-refractivity contribution < 1.29 is 14.3 Å². The molecule has 1 aromatic heterocycles. The summed E-state index contributed by atoms with van der Waals surface area (Å²) in [7, 11) is 1.34. The molecule has 0 radical (unpaired) electrons. The van der Waals surface area contributed by atoms with Crippen LogP contribution < -0.4 is 5.56 Å². The van der Waals surface area contributed by atoms with Gasteiger partial charge in [0.05, 0.1) is 12.7 Å². The highest BCUT2D eigenvalue weighted by Gasteiger charge is 2.32. The zero-order chi connectivity index (χ0) is 12.7. The fourth-order valence-electron chi connectivity index (χ4n) is 2.00. The number of H-pyrrole nitrogens is 1. The second-order valence-corrected chi connectivity index (χ2v) is 3.86. The molecule has 1 heterocycles. The molecule has 1 aliphatic rings. The van der Waals surface area contributed by atoms with Crippen LogP contribution in [-0.2, 0) is 4.74 Å². The van der Waals surface area contributed by atoms with Gasteiger partial charge in [0.1, 0.15) is 0 Å². The van der Waals surface area contributed by atoms with Crippen LogP contribution in [0.15, 0.2) is 22.2 Å². The summed E-state index contributed by atoms with van der Waals surface area (Å²) in [5.74, 6) is -0.670. The first kappa shape index (κ1) is 11.3. The van der Waals surface area contributed by atoms with Crippen LogP contribution in [0.3, 0.4) is 0 Å². The lowest BCUT2D eigenvalue weighted by Gasteiger charge is -2.18. The van der Waals surface area contributed by atoms with E-state index in [4.69, 9.17) is 4.74 Å². The van der Waals surface area contributed by atoms with Gasteiger partial charge in [-0.1, -0.05) is 0 Å². The first-order valence-electron chi connectivity index (χ1n) is 5.05. The van der Waals surface area contributed by atoms with Crippen molar-refractivity contribution in [3.63, 3.8) is 0 Å². The number of ether oxygens (including phenoxy) is 1. The number of fused-ring (bicyclic) bond motifs is 1. The number of aromatic nitrogens is 1. The lowest BCUT2D eigenvalue weighted by Crippen LogP contribution is -2.26. The molecule has 0 bridgehead atoms. The van der Waals surface area contributed by atoms with Crippen LogP contribution in [0.5, 0.6) is 0 Å². The summed E-state index contributed by atoms with van der Waals surface area (Å²) in [4.78, 5) is 37.9. The van der Waals surface area contributed by atoms with Crippen molar-refractivity contribution in [2.24, 2.45) is 0 Å². The molecular formula is C12H11NO4. The number of hydrogen-bond donors (Lipinski definition) is 1. The third kappa shape index (κ3) is 1.51. The molecule has 1 N–H and O–H groups in total. The smallest absolute Gasteiger partial charge is 0.248 e. The van der Waals surface area contributed by atoms with Crippen molar-refractivity contribution in [1.29, 1.82) is 0 Å². The lowest BCUT2D eigenvalue weighted by atomic mass is 9.88. The summed E-state index contributed by atoms with van der Waals surface area (Å²) in [5.41, 5.74) is 0.588. The van der Waals surface area contributed by atoms with E-state index in [1.54, 1.807) is 6.92 Å². The molecule has 2 rings (SSSR count). The number of rotatable bonds is 1. The third-order valence-corrected chi connectivity index (χ3v) is 2.79. The number of methoxy groups -OCH3 is 1. The van der Waals surface area contributed by atoms with Gasteiger partial charge in [-0.05, 0) is 13.8 Å². The van der Waals surface area contributed by atoms with Crippen LogP contribution in [0, 0.1) is 6.92 Å². The Bertz CT molecular complexity index is 622. The van der Waals surface area contributed by atoms with Gasteiger partial charge in [-0.3, -0.25) is 14.4 Å². The maximum absolute atomic E-state index is 12.1. The fraction of sp³-hybridized carbons (Fsp3) is 0.250. The number of pyridine rings is 1. The molecule has 0 aliphatic heterocycles. The van der Waals surface area contributed by atoms with Gasteiger partial charge in [0.2, 0.25) is 11.3 Å². The van der Waals surface area contributed by atoms with Gasteiger partial charge in [-0.2, -0.15) is 0 Å². The van der Waals surface area contributed by atoms with Crippen molar-refractivity contribution >= 4 is 11.6 Å². The van der Waals surface area contributed by atoms with E-state index in [1.165, 1.54) is 14.0 Å². The maximum Gasteiger partial charge on any atom is 0.248 e. The Morgan fingerprint density at radius 2 is 1.76 bits per heavy atom. The second kappa shape index (κ2) is 3.69. The van der Waals surface area contributed by atoms with Gasteiger partial charge in [-0.25, -0.2) is 0 Å². The van der Waals surface area contributed by atoms with E-state index >= 15 is 0 Å². The summed E-state index contributed by atoms with van der Waals surface area (Å²) in [6.45, 7) is 3.10. The Hall–Kier alpha value is -2.17. The molecule has 0 amide bonds. The topological polar surface area (TPSA) is 76.2 Å². The van der Waals surface area contributed by atoms with E-state index in [2.05, 4.69) is 4.98 Å². The average Bonchev–Trinajstić information content (AvgIpc) is 2.25. The van der Waals surface area contributed by atoms with Gasteiger partial charge >= 0.3 is 0 Å². The van der Waals surface area contributed by atoms with Crippen LogP contribution in [0.25, 0.3) is 0 Å². The molecule has 0 saturated carbocycles. The number of aryl methyl sites for hydroxylation is 1. The number of aromatic amines is 1. The lowest BCUT2D eigenvalue weighted by molar-refractivity contribution is 0.0905. The van der Waals surface area contributed by atoms with Gasteiger partial charge < -0.3 is 9.72 Å². The molecule has 17 heavy (non-hydrogen) atoms. The maximum atomic E-state index is 12.1. The first-order valence-corrected chi connectivity index (χ1v) is 5.05.